The number of amides is 1. The third kappa shape index (κ3) is 5.26. The molecule has 1 aromatic rings. The number of non-ortho nitro benzene ring substituents is 1. The maximum absolute atomic E-state index is 11.6. The molecule has 0 saturated carbocycles. The van der Waals surface area contributed by atoms with Crippen LogP contribution in [0.5, 0.6) is 0 Å². The lowest BCUT2D eigenvalue weighted by molar-refractivity contribution is -0.384. The van der Waals surface area contributed by atoms with Crippen LogP contribution in [0.3, 0.4) is 0 Å². The van der Waals surface area contributed by atoms with E-state index in [0.717, 1.165) is 11.3 Å². The number of nitrogens with one attached hydrogen (secondary N) is 2. The molecular formula is C14H21N3O3. The Labute approximate surface area is 118 Å². The van der Waals surface area contributed by atoms with E-state index in [4.69, 9.17) is 0 Å². The van der Waals surface area contributed by atoms with Crippen LogP contribution in [-0.4, -0.2) is 22.9 Å². The lowest BCUT2D eigenvalue weighted by atomic mass is 10.1. The fourth-order valence-electron chi connectivity index (χ4n) is 1.75. The summed E-state index contributed by atoms with van der Waals surface area (Å²) in [6.07, 6.45) is 0.355. The lowest BCUT2D eigenvalue weighted by Crippen LogP contribution is -2.41. The molecule has 0 aromatic heterocycles. The molecule has 0 radical (unpaired) electrons. The van der Waals surface area contributed by atoms with E-state index in [1.165, 1.54) is 12.1 Å². The SMILES string of the molecule is Cc1cc([N+](=O)[O-])ccc1NCCC(=O)NC(C)(C)C. The number of rotatable bonds is 5. The van der Waals surface area contributed by atoms with Crippen LogP contribution in [0.1, 0.15) is 32.8 Å². The minimum Gasteiger partial charge on any atom is -0.384 e. The second kappa shape index (κ2) is 6.36. The standard InChI is InChI=1S/C14H21N3O3/c1-10-9-11(17(19)20)5-6-12(10)15-8-7-13(18)16-14(2,3)4/h5-6,9,15H,7-8H2,1-4H3,(H,16,18). The number of nitrogens with zero attached hydrogens (tertiary/aromatic N) is 1. The summed E-state index contributed by atoms with van der Waals surface area (Å²) in [6, 6.07) is 4.62. The molecule has 0 spiro atoms. The number of carbonyl (C=O) groups is 1. The van der Waals surface area contributed by atoms with Crippen molar-refractivity contribution < 1.29 is 9.72 Å². The highest BCUT2D eigenvalue weighted by molar-refractivity contribution is 5.77. The van der Waals surface area contributed by atoms with E-state index in [9.17, 15) is 14.9 Å². The molecule has 0 atom stereocenters. The highest BCUT2D eigenvalue weighted by Gasteiger charge is 2.13. The van der Waals surface area contributed by atoms with Gasteiger partial charge in [0.1, 0.15) is 0 Å². The van der Waals surface area contributed by atoms with E-state index in [0.29, 0.717) is 13.0 Å². The van der Waals surface area contributed by atoms with Gasteiger partial charge in [-0.25, -0.2) is 0 Å². The predicted molar refractivity (Wildman–Crippen MR) is 78.8 cm³/mol. The van der Waals surface area contributed by atoms with Gasteiger partial charge in [0.2, 0.25) is 5.91 Å². The van der Waals surface area contributed by atoms with Crippen molar-refractivity contribution in [2.24, 2.45) is 0 Å². The highest BCUT2D eigenvalue weighted by Crippen LogP contribution is 2.20. The number of carbonyl (C=O) groups excluding carboxylic acids is 1. The zero-order valence-corrected chi connectivity index (χ0v) is 12.3. The van der Waals surface area contributed by atoms with Crippen LogP contribution in [0.2, 0.25) is 0 Å². The average Bonchev–Trinajstić information content (AvgIpc) is 2.28. The predicted octanol–water partition coefficient (Wildman–Crippen LogP) is 2.62. The Balaban J connectivity index is 2.51. The molecule has 20 heavy (non-hydrogen) atoms. The molecule has 6 nitrogen and oxygen atoms in total. The zero-order valence-electron chi connectivity index (χ0n) is 12.3. The molecular weight excluding hydrogens is 258 g/mol. The van der Waals surface area contributed by atoms with Gasteiger partial charge in [-0.15, -0.1) is 0 Å². The van der Waals surface area contributed by atoms with Crippen LogP contribution in [0.15, 0.2) is 18.2 Å². The lowest BCUT2D eigenvalue weighted by Gasteiger charge is -2.20. The molecule has 110 valence electrons. The van der Waals surface area contributed by atoms with Crippen molar-refractivity contribution in [3.8, 4) is 0 Å². The van der Waals surface area contributed by atoms with Gasteiger partial charge < -0.3 is 10.6 Å². The Morgan fingerprint density at radius 2 is 2.00 bits per heavy atom. The first-order valence-corrected chi connectivity index (χ1v) is 6.49. The van der Waals surface area contributed by atoms with E-state index in [1.807, 2.05) is 20.8 Å². The Morgan fingerprint density at radius 3 is 2.50 bits per heavy atom. The fraction of sp³-hybridized carbons (Fsp3) is 0.500. The monoisotopic (exact) mass is 279 g/mol. The summed E-state index contributed by atoms with van der Waals surface area (Å²) >= 11 is 0. The molecule has 0 aliphatic rings. The van der Waals surface area contributed by atoms with Gasteiger partial charge in [-0.2, -0.15) is 0 Å². The van der Waals surface area contributed by atoms with Crippen molar-refractivity contribution in [1.82, 2.24) is 5.32 Å². The van der Waals surface area contributed by atoms with E-state index in [-0.39, 0.29) is 17.1 Å². The number of hydrogen-bond donors (Lipinski definition) is 2. The van der Waals surface area contributed by atoms with Crippen LogP contribution in [0, 0.1) is 17.0 Å². The second-order valence-corrected chi connectivity index (χ2v) is 5.73. The summed E-state index contributed by atoms with van der Waals surface area (Å²) < 4.78 is 0. The molecule has 0 heterocycles. The van der Waals surface area contributed by atoms with Crippen molar-refractivity contribution in [1.29, 1.82) is 0 Å². The van der Waals surface area contributed by atoms with E-state index >= 15 is 0 Å². The third-order valence-corrected chi connectivity index (χ3v) is 2.60. The fourth-order valence-corrected chi connectivity index (χ4v) is 1.75. The average molecular weight is 279 g/mol. The summed E-state index contributed by atoms with van der Waals surface area (Å²) in [5.41, 5.74) is 1.42. The van der Waals surface area contributed by atoms with Gasteiger partial charge >= 0.3 is 0 Å². The summed E-state index contributed by atoms with van der Waals surface area (Å²) in [5.74, 6) is -0.0236. The maximum Gasteiger partial charge on any atom is 0.269 e. The van der Waals surface area contributed by atoms with Crippen LogP contribution >= 0.6 is 0 Å². The van der Waals surface area contributed by atoms with Crippen LogP contribution in [-0.2, 0) is 4.79 Å². The van der Waals surface area contributed by atoms with Gasteiger partial charge in [-0.1, -0.05) is 0 Å². The number of anilines is 1. The summed E-state index contributed by atoms with van der Waals surface area (Å²) in [7, 11) is 0. The highest BCUT2D eigenvalue weighted by atomic mass is 16.6. The summed E-state index contributed by atoms with van der Waals surface area (Å²) in [5, 5.41) is 16.6. The Bertz CT molecular complexity index is 507. The van der Waals surface area contributed by atoms with E-state index in [2.05, 4.69) is 10.6 Å². The van der Waals surface area contributed by atoms with Crippen molar-refractivity contribution in [2.75, 3.05) is 11.9 Å². The molecule has 2 N–H and O–H groups in total. The quantitative estimate of drug-likeness (QED) is 0.641. The molecule has 1 aromatic carbocycles. The number of nitro groups is 1. The Morgan fingerprint density at radius 1 is 1.35 bits per heavy atom. The number of hydrogen-bond acceptors (Lipinski definition) is 4. The summed E-state index contributed by atoms with van der Waals surface area (Å²) in [4.78, 5) is 21.8. The summed E-state index contributed by atoms with van der Waals surface area (Å²) in [6.45, 7) is 8.07. The second-order valence-electron chi connectivity index (χ2n) is 5.73. The van der Waals surface area contributed by atoms with Crippen LogP contribution in [0.4, 0.5) is 11.4 Å². The Hall–Kier alpha value is -2.11. The van der Waals surface area contributed by atoms with Gasteiger partial charge in [-0.05, 0) is 39.3 Å². The smallest absolute Gasteiger partial charge is 0.269 e. The molecule has 6 heteroatoms. The van der Waals surface area contributed by atoms with Gasteiger partial charge in [0.25, 0.3) is 5.69 Å². The number of aryl methyl sites for hydroxylation is 1. The number of benzene rings is 1. The number of nitro benzene ring substituents is 1. The van der Waals surface area contributed by atoms with Crippen LogP contribution in [0.25, 0.3) is 0 Å². The molecule has 0 bridgehead atoms. The van der Waals surface area contributed by atoms with Crippen molar-refractivity contribution in [2.45, 2.75) is 39.7 Å². The first-order valence-electron chi connectivity index (χ1n) is 6.49. The van der Waals surface area contributed by atoms with Crippen molar-refractivity contribution in [3.63, 3.8) is 0 Å². The van der Waals surface area contributed by atoms with Crippen LogP contribution < -0.4 is 10.6 Å². The zero-order chi connectivity index (χ0) is 15.3. The largest absolute Gasteiger partial charge is 0.384 e. The molecule has 1 rings (SSSR count). The molecule has 0 unspecified atom stereocenters. The normalized spacial score (nSPS) is 11.0. The maximum atomic E-state index is 11.6. The van der Waals surface area contributed by atoms with E-state index < -0.39 is 4.92 Å². The van der Waals surface area contributed by atoms with Gasteiger partial charge in [0, 0.05) is 36.3 Å². The van der Waals surface area contributed by atoms with E-state index in [1.54, 1.807) is 13.0 Å². The minimum atomic E-state index is -0.423. The van der Waals surface area contributed by atoms with Gasteiger partial charge in [0.15, 0.2) is 0 Å². The van der Waals surface area contributed by atoms with Crippen molar-refractivity contribution >= 4 is 17.3 Å². The molecule has 0 aliphatic carbocycles. The minimum absolute atomic E-state index is 0.0236. The molecule has 0 aliphatic heterocycles. The third-order valence-electron chi connectivity index (χ3n) is 2.60. The first-order chi connectivity index (χ1) is 9.19. The Kier molecular flexibility index (Phi) is 5.07. The topological polar surface area (TPSA) is 84.3 Å². The van der Waals surface area contributed by atoms with Gasteiger partial charge in [0.05, 0.1) is 4.92 Å². The van der Waals surface area contributed by atoms with Crippen molar-refractivity contribution in [3.05, 3.63) is 33.9 Å². The molecule has 1 amide bonds. The molecule has 0 saturated heterocycles. The van der Waals surface area contributed by atoms with Gasteiger partial charge in [-0.3, -0.25) is 14.9 Å². The first kappa shape index (κ1) is 15.9. The molecule has 0 fully saturated rings.